The highest BCUT2D eigenvalue weighted by atomic mass is 32.1. The molecule has 1 heterocycles. The van der Waals surface area contributed by atoms with Crippen LogP contribution in [0.15, 0.2) is 54.6 Å². The summed E-state index contributed by atoms with van der Waals surface area (Å²) >= 11 is 5.18. The van der Waals surface area contributed by atoms with Gasteiger partial charge in [0.05, 0.1) is 18.1 Å². The van der Waals surface area contributed by atoms with E-state index in [1.165, 1.54) is 34.7 Å². The minimum Gasteiger partial charge on any atom is -0.370 e. The van der Waals surface area contributed by atoms with Crippen LogP contribution in [0.1, 0.15) is 11.1 Å². The molecule has 1 aliphatic heterocycles. The maximum atomic E-state index is 12.0. The van der Waals surface area contributed by atoms with Crippen LogP contribution in [0.5, 0.6) is 0 Å². The van der Waals surface area contributed by atoms with Crippen LogP contribution in [0.3, 0.4) is 0 Å². The Morgan fingerprint density at radius 1 is 1.20 bits per heavy atom. The molecule has 0 atom stereocenters. The van der Waals surface area contributed by atoms with E-state index in [-0.39, 0.29) is 10.8 Å². The summed E-state index contributed by atoms with van der Waals surface area (Å²) in [5, 5.41) is 16.5. The fourth-order valence-corrected chi connectivity index (χ4v) is 3.28. The normalized spacial score (nSPS) is 14.4. The Kier molecular flexibility index (Phi) is 7.61. The van der Waals surface area contributed by atoms with E-state index in [1.807, 2.05) is 24.3 Å². The molecule has 0 unspecified atom stereocenters. The number of nitro benzene ring substituents is 1. The monoisotopic (exact) mass is 427 g/mol. The Morgan fingerprint density at radius 3 is 2.63 bits per heavy atom. The number of nitrogens with zero attached hydrogens (tertiary/aromatic N) is 1. The van der Waals surface area contributed by atoms with Crippen LogP contribution in [-0.4, -0.2) is 42.2 Å². The van der Waals surface area contributed by atoms with Gasteiger partial charge in [0.2, 0.25) is 5.91 Å². The highest BCUT2D eigenvalue weighted by Crippen LogP contribution is 2.14. The number of hydrogen-bond acceptors (Lipinski definition) is 5. The van der Waals surface area contributed by atoms with Crippen molar-refractivity contribution in [3.05, 3.63) is 75.8 Å². The predicted octanol–water partition coefficient (Wildman–Crippen LogP) is 1.54. The van der Waals surface area contributed by atoms with Crippen molar-refractivity contribution < 1.29 is 19.4 Å². The first-order valence-electron chi connectivity index (χ1n) is 9.54. The van der Waals surface area contributed by atoms with Crippen LogP contribution >= 0.6 is 12.2 Å². The van der Waals surface area contributed by atoms with E-state index in [9.17, 15) is 14.9 Å². The molecule has 3 N–H and O–H groups in total. The number of hydrogen-bond donors (Lipinski definition) is 3. The van der Waals surface area contributed by atoms with E-state index in [0.29, 0.717) is 5.56 Å². The molecule has 0 radical (unpaired) electrons. The number of ether oxygens (including phenoxy) is 1. The van der Waals surface area contributed by atoms with Gasteiger partial charge in [-0.3, -0.25) is 20.2 Å². The number of amides is 1. The van der Waals surface area contributed by atoms with Crippen LogP contribution in [0.4, 0.5) is 11.4 Å². The quantitative estimate of drug-likeness (QED) is 0.280. The van der Waals surface area contributed by atoms with Gasteiger partial charge in [-0.1, -0.05) is 24.3 Å². The molecular weight excluding hydrogens is 404 g/mol. The number of non-ortho nitro benzene ring substituents is 1. The van der Waals surface area contributed by atoms with E-state index in [4.69, 9.17) is 17.0 Å². The Balaban J connectivity index is 1.48. The smallest absolute Gasteiger partial charge is 0.270 e. The van der Waals surface area contributed by atoms with Crippen LogP contribution in [0.25, 0.3) is 6.08 Å². The topological polar surface area (TPSA) is 97.9 Å². The molecule has 1 amide bonds. The Labute approximate surface area is 179 Å². The zero-order valence-corrected chi connectivity index (χ0v) is 17.1. The van der Waals surface area contributed by atoms with Crippen molar-refractivity contribution in [2.24, 2.45) is 0 Å². The third kappa shape index (κ3) is 6.73. The number of thiocarbonyl (C=S) groups is 1. The molecule has 156 valence electrons. The average molecular weight is 428 g/mol. The number of carbonyl (C=O) groups is 1. The van der Waals surface area contributed by atoms with Crippen LogP contribution in [0, 0.1) is 10.1 Å². The van der Waals surface area contributed by atoms with Gasteiger partial charge < -0.3 is 15.0 Å². The third-order valence-corrected chi connectivity index (χ3v) is 4.81. The number of carbonyl (C=O) groups excluding carboxylic acids is 1. The van der Waals surface area contributed by atoms with E-state index in [1.54, 1.807) is 12.1 Å². The molecule has 0 aliphatic carbocycles. The fraction of sp³-hybridized carbons (Fsp3) is 0.238. The minimum atomic E-state index is -0.482. The molecule has 30 heavy (non-hydrogen) atoms. The van der Waals surface area contributed by atoms with Crippen molar-refractivity contribution in [3.63, 3.8) is 0 Å². The number of nitrogens with one attached hydrogen (secondary N) is 3. The number of anilines is 1. The molecular formula is C21H23N4O4S+. The van der Waals surface area contributed by atoms with E-state index < -0.39 is 10.8 Å². The highest BCUT2D eigenvalue weighted by Gasteiger charge is 2.14. The van der Waals surface area contributed by atoms with E-state index >= 15 is 0 Å². The van der Waals surface area contributed by atoms with Gasteiger partial charge in [0.25, 0.3) is 5.69 Å². The summed E-state index contributed by atoms with van der Waals surface area (Å²) in [4.78, 5) is 23.9. The van der Waals surface area contributed by atoms with Crippen molar-refractivity contribution in [2.45, 2.75) is 6.54 Å². The number of morpholine rings is 1. The lowest BCUT2D eigenvalue weighted by Crippen LogP contribution is -3.12. The van der Waals surface area contributed by atoms with Crippen LogP contribution in [0.2, 0.25) is 0 Å². The van der Waals surface area contributed by atoms with Crippen LogP contribution < -0.4 is 15.5 Å². The Morgan fingerprint density at radius 2 is 1.93 bits per heavy atom. The molecule has 1 aliphatic rings. The third-order valence-electron chi connectivity index (χ3n) is 4.61. The number of benzene rings is 2. The highest BCUT2D eigenvalue weighted by molar-refractivity contribution is 7.80. The number of quaternary nitrogens is 1. The molecule has 8 nitrogen and oxygen atoms in total. The van der Waals surface area contributed by atoms with Crippen molar-refractivity contribution >= 4 is 40.7 Å². The maximum Gasteiger partial charge on any atom is 0.270 e. The first-order valence-corrected chi connectivity index (χ1v) is 9.95. The lowest BCUT2D eigenvalue weighted by molar-refractivity contribution is -0.921. The molecule has 9 heteroatoms. The van der Waals surface area contributed by atoms with Crippen molar-refractivity contribution in [3.8, 4) is 0 Å². The Bertz CT molecular complexity index is 940. The van der Waals surface area contributed by atoms with E-state index in [2.05, 4.69) is 10.6 Å². The summed E-state index contributed by atoms with van der Waals surface area (Å²) in [6, 6.07) is 13.9. The first-order chi connectivity index (χ1) is 14.5. The van der Waals surface area contributed by atoms with Crippen molar-refractivity contribution in [1.29, 1.82) is 0 Å². The molecule has 0 bridgehead atoms. The first kappa shape index (κ1) is 21.6. The molecule has 3 rings (SSSR count). The summed E-state index contributed by atoms with van der Waals surface area (Å²) in [6.45, 7) is 4.59. The summed E-state index contributed by atoms with van der Waals surface area (Å²) in [7, 11) is 0. The SMILES string of the molecule is O=C(/C=C/c1cccc([N+](=O)[O-])c1)NC(=S)Nc1ccc(C[NH+]2CCOCC2)cc1. The molecule has 1 saturated heterocycles. The minimum absolute atomic E-state index is 0.0339. The molecule has 0 spiro atoms. The summed E-state index contributed by atoms with van der Waals surface area (Å²) in [5.41, 5.74) is 2.53. The van der Waals surface area contributed by atoms with Gasteiger partial charge in [0.1, 0.15) is 19.6 Å². The number of rotatable bonds is 6. The molecule has 0 aromatic heterocycles. The van der Waals surface area contributed by atoms with Gasteiger partial charge in [-0.15, -0.1) is 0 Å². The lowest BCUT2D eigenvalue weighted by Gasteiger charge is -2.23. The zero-order valence-electron chi connectivity index (χ0n) is 16.3. The summed E-state index contributed by atoms with van der Waals surface area (Å²) in [5.74, 6) is -0.424. The standard InChI is InChI=1S/C21H22N4O4S/c26-20(9-6-16-2-1-3-19(14-16)25(27)28)23-21(30)22-18-7-4-17(5-8-18)15-24-10-12-29-13-11-24/h1-9,14H,10-13,15H2,(H2,22,23,26,30)/p+1/b9-6+. The lowest BCUT2D eigenvalue weighted by atomic mass is 10.2. The predicted molar refractivity (Wildman–Crippen MR) is 118 cm³/mol. The van der Waals surface area contributed by atoms with Gasteiger partial charge in [0.15, 0.2) is 5.11 Å². The van der Waals surface area contributed by atoms with Gasteiger partial charge >= 0.3 is 0 Å². The van der Waals surface area contributed by atoms with Gasteiger partial charge in [-0.2, -0.15) is 0 Å². The Hall–Kier alpha value is -3.14. The summed E-state index contributed by atoms with van der Waals surface area (Å²) < 4.78 is 5.38. The van der Waals surface area contributed by atoms with Crippen molar-refractivity contribution in [2.75, 3.05) is 31.6 Å². The summed E-state index contributed by atoms with van der Waals surface area (Å²) in [6.07, 6.45) is 2.77. The second-order valence-corrected chi connectivity index (χ2v) is 7.27. The maximum absolute atomic E-state index is 12.0. The molecule has 0 saturated carbocycles. The molecule has 2 aromatic carbocycles. The zero-order chi connectivity index (χ0) is 21.3. The number of nitro groups is 1. The van der Waals surface area contributed by atoms with E-state index in [0.717, 1.165) is 38.5 Å². The second kappa shape index (κ2) is 10.6. The van der Waals surface area contributed by atoms with Gasteiger partial charge in [-0.25, -0.2) is 0 Å². The largest absolute Gasteiger partial charge is 0.370 e. The fourth-order valence-electron chi connectivity index (χ4n) is 3.06. The second-order valence-electron chi connectivity index (χ2n) is 6.86. The van der Waals surface area contributed by atoms with Crippen LogP contribution in [-0.2, 0) is 16.1 Å². The van der Waals surface area contributed by atoms with Crippen molar-refractivity contribution in [1.82, 2.24) is 5.32 Å². The van der Waals surface area contributed by atoms with Gasteiger partial charge in [0, 0.05) is 29.5 Å². The van der Waals surface area contributed by atoms with Gasteiger partial charge in [-0.05, 0) is 36.0 Å². The molecule has 1 fully saturated rings. The molecule has 2 aromatic rings. The average Bonchev–Trinajstić information content (AvgIpc) is 2.74.